The van der Waals surface area contributed by atoms with Crippen LogP contribution in [-0.2, 0) is 9.59 Å². The summed E-state index contributed by atoms with van der Waals surface area (Å²) < 4.78 is 18.3. The van der Waals surface area contributed by atoms with Gasteiger partial charge in [0.05, 0.1) is 5.41 Å². The van der Waals surface area contributed by atoms with Gasteiger partial charge in [0, 0.05) is 13.1 Å². The molecule has 1 aromatic carbocycles. The van der Waals surface area contributed by atoms with Crippen LogP contribution in [0.15, 0.2) is 24.3 Å². The molecule has 0 radical (unpaired) electrons. The Balaban J connectivity index is 1.97. The third-order valence-electron chi connectivity index (χ3n) is 3.78. The quantitative estimate of drug-likeness (QED) is 0.921. The average Bonchev–Trinajstić information content (AvgIpc) is 2.84. The van der Waals surface area contributed by atoms with Crippen molar-refractivity contribution in [3.8, 4) is 5.75 Å². The van der Waals surface area contributed by atoms with E-state index in [1.165, 1.54) is 29.2 Å². The first-order chi connectivity index (χ1) is 9.82. The summed E-state index contributed by atoms with van der Waals surface area (Å²) in [4.78, 5) is 24.9. The Bertz CT molecular complexity index is 545. The number of hydrogen-bond acceptors (Lipinski definition) is 3. The monoisotopic (exact) mass is 295 g/mol. The van der Waals surface area contributed by atoms with E-state index in [1.807, 2.05) is 0 Å². The van der Waals surface area contributed by atoms with E-state index in [1.54, 1.807) is 13.8 Å². The standard InChI is InChI=1S/C15H18FNO4/c1-10(21-12-5-3-11(16)4-6-12)13(18)17-8-7-15(2,9-17)14(19)20/h3-6,10H,7-9H2,1-2H3,(H,19,20). The summed E-state index contributed by atoms with van der Waals surface area (Å²) in [5.74, 6) is -1.13. The number of benzene rings is 1. The second-order valence-electron chi connectivity index (χ2n) is 5.59. The predicted molar refractivity (Wildman–Crippen MR) is 73.4 cm³/mol. The molecule has 0 bridgehead atoms. The molecule has 5 nitrogen and oxygen atoms in total. The van der Waals surface area contributed by atoms with Crippen molar-refractivity contribution < 1.29 is 23.8 Å². The molecule has 6 heteroatoms. The zero-order valence-corrected chi connectivity index (χ0v) is 12.0. The molecular weight excluding hydrogens is 277 g/mol. The maximum Gasteiger partial charge on any atom is 0.311 e. The largest absolute Gasteiger partial charge is 0.481 e. The Kier molecular flexibility index (Phi) is 4.16. The molecule has 0 aliphatic carbocycles. The van der Waals surface area contributed by atoms with Crippen LogP contribution in [-0.4, -0.2) is 41.1 Å². The van der Waals surface area contributed by atoms with Crippen molar-refractivity contribution in [3.05, 3.63) is 30.1 Å². The highest BCUT2D eigenvalue weighted by Gasteiger charge is 2.43. The molecule has 1 N–H and O–H groups in total. The molecule has 0 aromatic heterocycles. The molecule has 1 aliphatic heterocycles. The second-order valence-corrected chi connectivity index (χ2v) is 5.59. The first kappa shape index (κ1) is 15.3. The normalized spacial score (nSPS) is 22.9. The van der Waals surface area contributed by atoms with E-state index in [4.69, 9.17) is 9.84 Å². The van der Waals surface area contributed by atoms with Crippen LogP contribution >= 0.6 is 0 Å². The number of hydrogen-bond donors (Lipinski definition) is 1. The van der Waals surface area contributed by atoms with Crippen molar-refractivity contribution in [2.75, 3.05) is 13.1 Å². The van der Waals surface area contributed by atoms with Gasteiger partial charge in [-0.3, -0.25) is 9.59 Å². The van der Waals surface area contributed by atoms with E-state index in [9.17, 15) is 14.0 Å². The number of nitrogens with zero attached hydrogens (tertiary/aromatic N) is 1. The van der Waals surface area contributed by atoms with E-state index < -0.39 is 17.5 Å². The van der Waals surface area contributed by atoms with Gasteiger partial charge >= 0.3 is 5.97 Å². The maximum absolute atomic E-state index is 12.8. The second kappa shape index (κ2) is 5.71. The fraction of sp³-hybridized carbons (Fsp3) is 0.467. The van der Waals surface area contributed by atoms with Crippen molar-refractivity contribution in [3.63, 3.8) is 0 Å². The molecule has 2 rings (SSSR count). The van der Waals surface area contributed by atoms with E-state index in [-0.39, 0.29) is 18.3 Å². The van der Waals surface area contributed by atoms with Crippen LogP contribution in [0.25, 0.3) is 0 Å². The zero-order chi connectivity index (χ0) is 15.6. The number of ether oxygens (including phenoxy) is 1. The van der Waals surface area contributed by atoms with Gasteiger partial charge in [-0.15, -0.1) is 0 Å². The minimum Gasteiger partial charge on any atom is -0.481 e. The number of carboxylic acid groups (broad SMARTS) is 1. The molecule has 1 heterocycles. The molecule has 1 fully saturated rings. The van der Waals surface area contributed by atoms with Gasteiger partial charge in [-0.25, -0.2) is 4.39 Å². The lowest BCUT2D eigenvalue weighted by molar-refractivity contribution is -0.147. The first-order valence-electron chi connectivity index (χ1n) is 6.76. The minimum atomic E-state index is -0.898. The number of carboxylic acids is 1. The van der Waals surface area contributed by atoms with Gasteiger partial charge in [0.15, 0.2) is 6.10 Å². The summed E-state index contributed by atoms with van der Waals surface area (Å²) in [6.45, 7) is 3.81. The van der Waals surface area contributed by atoms with Gasteiger partial charge in [-0.05, 0) is 44.5 Å². The van der Waals surface area contributed by atoms with Gasteiger partial charge in [-0.2, -0.15) is 0 Å². The number of carbonyl (C=O) groups is 2. The van der Waals surface area contributed by atoms with Crippen molar-refractivity contribution in [2.45, 2.75) is 26.4 Å². The predicted octanol–water partition coefficient (Wildman–Crippen LogP) is 1.92. The molecule has 2 unspecified atom stereocenters. The maximum atomic E-state index is 12.8. The molecule has 1 saturated heterocycles. The summed E-state index contributed by atoms with van der Waals surface area (Å²) in [5, 5.41) is 9.17. The van der Waals surface area contributed by atoms with E-state index in [2.05, 4.69) is 0 Å². The topological polar surface area (TPSA) is 66.8 Å². The third kappa shape index (κ3) is 3.32. The van der Waals surface area contributed by atoms with Gasteiger partial charge in [-0.1, -0.05) is 0 Å². The van der Waals surface area contributed by atoms with E-state index in [0.717, 1.165) is 0 Å². The third-order valence-corrected chi connectivity index (χ3v) is 3.78. The fourth-order valence-electron chi connectivity index (χ4n) is 2.35. The molecule has 1 aliphatic rings. The average molecular weight is 295 g/mol. The van der Waals surface area contributed by atoms with Crippen molar-refractivity contribution in [1.29, 1.82) is 0 Å². The Morgan fingerprint density at radius 3 is 2.52 bits per heavy atom. The van der Waals surface area contributed by atoms with Crippen molar-refractivity contribution in [1.82, 2.24) is 4.90 Å². The van der Waals surface area contributed by atoms with Crippen LogP contribution in [0.4, 0.5) is 4.39 Å². The number of amides is 1. The Morgan fingerprint density at radius 1 is 1.38 bits per heavy atom. The number of rotatable bonds is 4. The van der Waals surface area contributed by atoms with Crippen LogP contribution in [0, 0.1) is 11.2 Å². The van der Waals surface area contributed by atoms with Crippen LogP contribution in [0.3, 0.4) is 0 Å². The summed E-state index contributed by atoms with van der Waals surface area (Å²) in [6.07, 6.45) is -0.316. The lowest BCUT2D eigenvalue weighted by atomic mass is 9.90. The van der Waals surface area contributed by atoms with E-state index in [0.29, 0.717) is 18.7 Å². The summed E-state index contributed by atoms with van der Waals surface area (Å²) in [5.41, 5.74) is -0.898. The molecule has 21 heavy (non-hydrogen) atoms. The molecule has 2 atom stereocenters. The SMILES string of the molecule is CC(Oc1ccc(F)cc1)C(=O)N1CCC(C)(C(=O)O)C1. The number of halogens is 1. The number of likely N-dealkylation sites (tertiary alicyclic amines) is 1. The summed E-state index contributed by atoms with van der Waals surface area (Å²) in [6, 6.07) is 5.41. The van der Waals surface area contributed by atoms with Crippen molar-refractivity contribution >= 4 is 11.9 Å². The van der Waals surface area contributed by atoms with Gasteiger partial charge in [0.1, 0.15) is 11.6 Å². The summed E-state index contributed by atoms with van der Waals surface area (Å²) >= 11 is 0. The van der Waals surface area contributed by atoms with Gasteiger partial charge in [0.25, 0.3) is 5.91 Å². The van der Waals surface area contributed by atoms with Crippen LogP contribution in [0.5, 0.6) is 5.75 Å². The van der Waals surface area contributed by atoms with Crippen molar-refractivity contribution in [2.24, 2.45) is 5.41 Å². The van der Waals surface area contributed by atoms with Gasteiger partial charge in [0.2, 0.25) is 0 Å². The zero-order valence-electron chi connectivity index (χ0n) is 12.0. The van der Waals surface area contributed by atoms with Crippen LogP contribution < -0.4 is 4.74 Å². The molecule has 1 aromatic rings. The van der Waals surface area contributed by atoms with Crippen LogP contribution in [0.1, 0.15) is 20.3 Å². The molecule has 114 valence electrons. The smallest absolute Gasteiger partial charge is 0.311 e. The molecule has 0 spiro atoms. The Morgan fingerprint density at radius 2 is 2.00 bits per heavy atom. The molecular formula is C15H18FNO4. The highest BCUT2D eigenvalue weighted by Crippen LogP contribution is 2.30. The Labute approximate surface area is 122 Å². The van der Waals surface area contributed by atoms with Gasteiger partial charge < -0.3 is 14.7 Å². The highest BCUT2D eigenvalue weighted by molar-refractivity contribution is 5.83. The fourth-order valence-corrected chi connectivity index (χ4v) is 2.35. The van der Waals surface area contributed by atoms with Crippen LogP contribution in [0.2, 0.25) is 0 Å². The summed E-state index contributed by atoms with van der Waals surface area (Å²) in [7, 11) is 0. The minimum absolute atomic E-state index is 0.179. The number of aliphatic carboxylic acids is 1. The number of carbonyl (C=O) groups excluding carboxylic acids is 1. The lowest BCUT2D eigenvalue weighted by Gasteiger charge is -2.23. The lowest BCUT2D eigenvalue weighted by Crippen LogP contribution is -2.41. The molecule has 1 amide bonds. The first-order valence-corrected chi connectivity index (χ1v) is 6.76. The Hall–Kier alpha value is -2.11. The highest BCUT2D eigenvalue weighted by atomic mass is 19.1. The van der Waals surface area contributed by atoms with E-state index >= 15 is 0 Å². The molecule has 0 saturated carbocycles.